The highest BCUT2D eigenvalue weighted by molar-refractivity contribution is 7.91. The standard InChI is InChI=1S/C8H13N3O2S2/c9-8-11-7(4-14-8)3-10-6-1-2-15(12,13)5-6/h4,6,10H,1-3,5H2,(H2,9,11). The van der Waals surface area contributed by atoms with Gasteiger partial charge >= 0.3 is 0 Å². The van der Waals surface area contributed by atoms with Crippen LogP contribution in [0.15, 0.2) is 5.38 Å². The van der Waals surface area contributed by atoms with Gasteiger partial charge in [-0.2, -0.15) is 0 Å². The zero-order valence-corrected chi connectivity index (χ0v) is 9.77. The summed E-state index contributed by atoms with van der Waals surface area (Å²) in [4.78, 5) is 4.09. The first-order valence-electron chi connectivity index (χ1n) is 4.69. The number of nitrogens with zero attached hydrogens (tertiary/aromatic N) is 1. The van der Waals surface area contributed by atoms with Crippen LogP contribution >= 0.6 is 11.3 Å². The number of aromatic nitrogens is 1. The topological polar surface area (TPSA) is 85.1 Å². The maximum atomic E-state index is 11.2. The smallest absolute Gasteiger partial charge is 0.180 e. The molecule has 15 heavy (non-hydrogen) atoms. The van der Waals surface area contributed by atoms with Crippen LogP contribution in [0.4, 0.5) is 5.13 Å². The predicted octanol–water partition coefficient (Wildman–Crippen LogP) is 0.00200. The van der Waals surface area contributed by atoms with Crippen molar-refractivity contribution in [3.05, 3.63) is 11.1 Å². The van der Waals surface area contributed by atoms with Gasteiger partial charge < -0.3 is 11.1 Å². The molecule has 1 fully saturated rings. The summed E-state index contributed by atoms with van der Waals surface area (Å²) >= 11 is 1.40. The Labute approximate surface area is 92.6 Å². The second-order valence-electron chi connectivity index (χ2n) is 3.66. The number of anilines is 1. The van der Waals surface area contributed by atoms with E-state index >= 15 is 0 Å². The monoisotopic (exact) mass is 247 g/mol. The number of hydrogen-bond acceptors (Lipinski definition) is 6. The van der Waals surface area contributed by atoms with Crippen LogP contribution in [0.3, 0.4) is 0 Å². The second kappa shape index (κ2) is 4.07. The van der Waals surface area contributed by atoms with Crippen molar-refractivity contribution in [2.45, 2.75) is 19.0 Å². The van der Waals surface area contributed by atoms with Gasteiger partial charge in [0.1, 0.15) is 0 Å². The van der Waals surface area contributed by atoms with Crippen LogP contribution < -0.4 is 11.1 Å². The second-order valence-corrected chi connectivity index (χ2v) is 6.78. The number of nitrogen functional groups attached to an aromatic ring is 1. The largest absolute Gasteiger partial charge is 0.375 e. The molecule has 2 heterocycles. The fourth-order valence-corrected chi connectivity index (χ4v) is 3.88. The molecule has 84 valence electrons. The lowest BCUT2D eigenvalue weighted by atomic mass is 10.2. The van der Waals surface area contributed by atoms with E-state index in [0.717, 1.165) is 5.69 Å². The normalized spacial score (nSPS) is 24.4. The van der Waals surface area contributed by atoms with E-state index < -0.39 is 9.84 Å². The average Bonchev–Trinajstić information content (AvgIpc) is 2.69. The molecule has 5 nitrogen and oxygen atoms in total. The summed E-state index contributed by atoms with van der Waals surface area (Å²) in [6.45, 7) is 0.591. The number of hydrogen-bond donors (Lipinski definition) is 2. The van der Waals surface area contributed by atoms with Crippen LogP contribution in [0.5, 0.6) is 0 Å². The number of thiazole rings is 1. The lowest BCUT2D eigenvalue weighted by Crippen LogP contribution is -2.29. The molecule has 1 aromatic heterocycles. The minimum Gasteiger partial charge on any atom is -0.375 e. The van der Waals surface area contributed by atoms with Crippen LogP contribution in [0.1, 0.15) is 12.1 Å². The lowest BCUT2D eigenvalue weighted by molar-refractivity contribution is 0.550. The van der Waals surface area contributed by atoms with Crippen molar-refractivity contribution >= 4 is 26.3 Å². The molecular formula is C8H13N3O2S2. The molecule has 0 amide bonds. The molecule has 1 aliphatic heterocycles. The minimum absolute atomic E-state index is 0.0675. The summed E-state index contributed by atoms with van der Waals surface area (Å²) in [6.07, 6.45) is 0.696. The molecule has 0 spiro atoms. The van der Waals surface area contributed by atoms with Gasteiger partial charge in [-0.15, -0.1) is 11.3 Å². The van der Waals surface area contributed by atoms with Gasteiger partial charge in [0.05, 0.1) is 17.2 Å². The highest BCUT2D eigenvalue weighted by Crippen LogP contribution is 2.14. The third kappa shape index (κ3) is 2.90. The molecule has 1 atom stereocenters. The minimum atomic E-state index is -2.80. The number of nitrogens with two attached hydrogens (primary N) is 1. The van der Waals surface area contributed by atoms with Gasteiger partial charge in [0, 0.05) is 18.0 Å². The molecule has 1 aliphatic rings. The van der Waals surface area contributed by atoms with E-state index in [4.69, 9.17) is 5.73 Å². The van der Waals surface area contributed by atoms with Gasteiger partial charge in [-0.05, 0) is 6.42 Å². The Balaban J connectivity index is 1.85. The van der Waals surface area contributed by atoms with Crippen LogP contribution in [-0.4, -0.2) is 30.9 Å². The highest BCUT2D eigenvalue weighted by Gasteiger charge is 2.27. The van der Waals surface area contributed by atoms with Crippen LogP contribution in [0.2, 0.25) is 0 Å². The average molecular weight is 247 g/mol. The quantitative estimate of drug-likeness (QED) is 0.785. The molecule has 0 aromatic carbocycles. The number of rotatable bonds is 3. The maximum Gasteiger partial charge on any atom is 0.180 e. The van der Waals surface area contributed by atoms with E-state index in [2.05, 4.69) is 10.3 Å². The number of nitrogens with one attached hydrogen (secondary N) is 1. The molecule has 0 bridgehead atoms. The van der Waals surface area contributed by atoms with E-state index in [1.54, 1.807) is 0 Å². The third-order valence-corrected chi connectivity index (χ3v) is 4.86. The molecule has 7 heteroatoms. The van der Waals surface area contributed by atoms with E-state index in [1.807, 2.05) is 5.38 Å². The van der Waals surface area contributed by atoms with Crippen molar-refractivity contribution in [2.75, 3.05) is 17.2 Å². The SMILES string of the molecule is Nc1nc(CNC2CCS(=O)(=O)C2)cs1. The van der Waals surface area contributed by atoms with Crippen LogP contribution in [0, 0.1) is 0 Å². The van der Waals surface area contributed by atoms with Gasteiger partial charge in [-0.1, -0.05) is 0 Å². The molecular weight excluding hydrogens is 234 g/mol. The highest BCUT2D eigenvalue weighted by atomic mass is 32.2. The van der Waals surface area contributed by atoms with Crippen molar-refractivity contribution in [1.82, 2.24) is 10.3 Å². The summed E-state index contributed by atoms with van der Waals surface area (Å²) in [6, 6.07) is 0.0675. The summed E-state index contributed by atoms with van der Waals surface area (Å²) in [5.74, 6) is 0.538. The van der Waals surface area contributed by atoms with Crippen molar-refractivity contribution in [3.63, 3.8) is 0 Å². The predicted molar refractivity (Wildman–Crippen MR) is 60.4 cm³/mol. The van der Waals surface area contributed by atoms with E-state index in [0.29, 0.717) is 23.8 Å². The first-order chi connectivity index (χ1) is 7.05. The molecule has 1 aromatic rings. The van der Waals surface area contributed by atoms with Crippen molar-refractivity contribution in [1.29, 1.82) is 0 Å². The molecule has 0 radical (unpaired) electrons. The Hall–Kier alpha value is -0.660. The maximum absolute atomic E-state index is 11.2. The van der Waals surface area contributed by atoms with Gasteiger partial charge in [0.15, 0.2) is 15.0 Å². The van der Waals surface area contributed by atoms with Crippen molar-refractivity contribution in [2.24, 2.45) is 0 Å². The Bertz CT molecular complexity index is 440. The summed E-state index contributed by atoms with van der Waals surface area (Å²) in [5, 5.41) is 5.60. The summed E-state index contributed by atoms with van der Waals surface area (Å²) in [7, 11) is -2.80. The summed E-state index contributed by atoms with van der Waals surface area (Å²) in [5.41, 5.74) is 6.37. The molecule has 1 unspecified atom stereocenters. The van der Waals surface area contributed by atoms with Crippen molar-refractivity contribution in [3.8, 4) is 0 Å². The first kappa shape index (κ1) is 10.8. The van der Waals surface area contributed by atoms with Crippen LogP contribution in [-0.2, 0) is 16.4 Å². The molecule has 0 aliphatic carbocycles. The Morgan fingerprint density at radius 3 is 3.00 bits per heavy atom. The van der Waals surface area contributed by atoms with Crippen LogP contribution in [0.25, 0.3) is 0 Å². The first-order valence-corrected chi connectivity index (χ1v) is 7.39. The molecule has 0 saturated carbocycles. The number of sulfone groups is 1. The van der Waals surface area contributed by atoms with Gasteiger partial charge in [0.2, 0.25) is 0 Å². The fraction of sp³-hybridized carbons (Fsp3) is 0.625. The van der Waals surface area contributed by atoms with Gasteiger partial charge in [0.25, 0.3) is 0 Å². The lowest BCUT2D eigenvalue weighted by Gasteiger charge is -2.08. The van der Waals surface area contributed by atoms with E-state index in [9.17, 15) is 8.42 Å². The molecule has 2 rings (SSSR count). The fourth-order valence-electron chi connectivity index (χ4n) is 1.61. The Kier molecular flexibility index (Phi) is 2.94. The summed E-state index contributed by atoms with van der Waals surface area (Å²) < 4.78 is 22.4. The zero-order chi connectivity index (χ0) is 10.9. The van der Waals surface area contributed by atoms with Crippen molar-refractivity contribution < 1.29 is 8.42 Å². The third-order valence-electron chi connectivity index (χ3n) is 2.37. The van der Waals surface area contributed by atoms with E-state index in [1.165, 1.54) is 11.3 Å². The van der Waals surface area contributed by atoms with Gasteiger partial charge in [-0.25, -0.2) is 13.4 Å². The Morgan fingerprint density at radius 2 is 2.47 bits per heavy atom. The van der Waals surface area contributed by atoms with E-state index in [-0.39, 0.29) is 11.8 Å². The Morgan fingerprint density at radius 1 is 1.67 bits per heavy atom. The zero-order valence-electron chi connectivity index (χ0n) is 8.14. The van der Waals surface area contributed by atoms with Gasteiger partial charge in [-0.3, -0.25) is 0 Å². The molecule has 3 N–H and O–H groups in total. The molecule has 1 saturated heterocycles.